The highest BCUT2D eigenvalue weighted by Gasteiger charge is 2.36. The molecule has 1 aromatic heterocycles. The molecule has 0 fully saturated rings. The van der Waals surface area contributed by atoms with Gasteiger partial charge in [0.05, 0.1) is 5.52 Å². The predicted molar refractivity (Wildman–Crippen MR) is 53.2 cm³/mol. The zero-order chi connectivity index (χ0) is 13.5. The summed E-state index contributed by atoms with van der Waals surface area (Å²) in [5.41, 5.74) is -1.63. The van der Waals surface area contributed by atoms with Gasteiger partial charge in [-0.3, -0.25) is 0 Å². The Balaban J connectivity index is 2.85. The first kappa shape index (κ1) is 12.1. The number of carboxylic acid groups (broad SMARTS) is 1. The Bertz CT molecular complexity index is 640. The Hall–Kier alpha value is -2.38. The van der Waals surface area contributed by atoms with E-state index in [1.807, 2.05) is 0 Å². The molecular formula is C10H5F3N2O3. The van der Waals surface area contributed by atoms with Crippen LogP contribution in [0.1, 0.15) is 16.3 Å². The summed E-state index contributed by atoms with van der Waals surface area (Å²) in [5.74, 6) is -2.96. The third-order valence-corrected chi connectivity index (χ3v) is 2.14. The van der Waals surface area contributed by atoms with Crippen molar-refractivity contribution in [2.45, 2.75) is 6.18 Å². The molecule has 0 amide bonds. The van der Waals surface area contributed by atoms with Gasteiger partial charge < -0.3 is 10.2 Å². The van der Waals surface area contributed by atoms with Crippen molar-refractivity contribution in [3.63, 3.8) is 0 Å². The topological polar surface area (TPSA) is 83.3 Å². The van der Waals surface area contributed by atoms with Crippen LogP contribution >= 0.6 is 0 Å². The van der Waals surface area contributed by atoms with E-state index in [0.717, 1.165) is 18.2 Å². The number of benzene rings is 1. The lowest BCUT2D eigenvalue weighted by Crippen LogP contribution is -2.14. The standard InChI is InChI=1S/C10H5F3N2O3/c11-10(12,13)7-5-2-1-4(16)3-6(5)14-8(15-7)9(17)18/h1-3,16H,(H,17,18). The monoisotopic (exact) mass is 258 g/mol. The molecule has 0 unspecified atom stereocenters. The van der Waals surface area contributed by atoms with E-state index in [1.165, 1.54) is 0 Å². The van der Waals surface area contributed by atoms with Gasteiger partial charge in [0.2, 0.25) is 5.82 Å². The van der Waals surface area contributed by atoms with Gasteiger partial charge in [0.25, 0.3) is 0 Å². The van der Waals surface area contributed by atoms with Gasteiger partial charge in [-0.05, 0) is 12.1 Å². The second-order valence-electron chi connectivity index (χ2n) is 3.40. The minimum atomic E-state index is -4.80. The summed E-state index contributed by atoms with van der Waals surface area (Å²) in [6, 6.07) is 2.97. The smallest absolute Gasteiger partial charge is 0.434 e. The largest absolute Gasteiger partial charge is 0.508 e. The summed E-state index contributed by atoms with van der Waals surface area (Å²) in [6.45, 7) is 0. The number of phenolic OH excluding ortho intramolecular Hbond substituents is 1. The minimum absolute atomic E-state index is 0.283. The third kappa shape index (κ3) is 2.04. The molecule has 5 nitrogen and oxygen atoms in total. The molecule has 0 aliphatic heterocycles. The fourth-order valence-electron chi connectivity index (χ4n) is 1.43. The van der Waals surface area contributed by atoms with Gasteiger partial charge >= 0.3 is 12.1 Å². The van der Waals surface area contributed by atoms with Crippen LogP contribution in [-0.4, -0.2) is 26.2 Å². The second-order valence-corrected chi connectivity index (χ2v) is 3.40. The number of halogens is 3. The SMILES string of the molecule is O=C(O)c1nc(C(F)(F)F)c2ccc(O)cc2n1. The van der Waals surface area contributed by atoms with Gasteiger partial charge in [-0.1, -0.05) is 0 Å². The first-order chi connectivity index (χ1) is 8.29. The summed E-state index contributed by atoms with van der Waals surface area (Å²) in [6.07, 6.45) is -4.80. The Morgan fingerprint density at radius 1 is 1.22 bits per heavy atom. The lowest BCUT2D eigenvalue weighted by Gasteiger charge is -2.09. The van der Waals surface area contributed by atoms with Gasteiger partial charge in [-0.15, -0.1) is 0 Å². The van der Waals surface area contributed by atoms with E-state index in [0.29, 0.717) is 0 Å². The molecular weight excluding hydrogens is 253 g/mol. The molecule has 0 spiro atoms. The van der Waals surface area contributed by atoms with Crippen molar-refractivity contribution in [1.82, 2.24) is 9.97 Å². The van der Waals surface area contributed by atoms with Gasteiger partial charge in [-0.25, -0.2) is 14.8 Å². The summed E-state index contributed by atoms with van der Waals surface area (Å²) in [4.78, 5) is 17.1. The van der Waals surface area contributed by atoms with E-state index >= 15 is 0 Å². The fraction of sp³-hybridized carbons (Fsp3) is 0.100. The van der Waals surface area contributed by atoms with Crippen molar-refractivity contribution in [3.05, 3.63) is 29.7 Å². The number of nitrogens with zero attached hydrogens (tertiary/aromatic N) is 2. The molecule has 0 aliphatic carbocycles. The maximum atomic E-state index is 12.7. The number of aromatic nitrogens is 2. The molecule has 0 radical (unpaired) electrons. The Morgan fingerprint density at radius 2 is 1.89 bits per heavy atom. The summed E-state index contributed by atoms with van der Waals surface area (Å²) in [5, 5.41) is 17.4. The molecule has 0 atom stereocenters. The molecule has 0 saturated heterocycles. The highest BCUT2D eigenvalue weighted by molar-refractivity contribution is 5.89. The summed E-state index contributed by atoms with van der Waals surface area (Å²) < 4.78 is 38.1. The summed E-state index contributed by atoms with van der Waals surface area (Å²) >= 11 is 0. The van der Waals surface area contributed by atoms with Crippen LogP contribution in [0.5, 0.6) is 5.75 Å². The zero-order valence-electron chi connectivity index (χ0n) is 8.56. The van der Waals surface area contributed by atoms with E-state index in [1.54, 1.807) is 0 Å². The van der Waals surface area contributed by atoms with Crippen LogP contribution in [0, 0.1) is 0 Å². The van der Waals surface area contributed by atoms with Gasteiger partial charge in [0, 0.05) is 11.5 Å². The lowest BCUT2D eigenvalue weighted by atomic mass is 10.1. The van der Waals surface area contributed by atoms with Gasteiger partial charge in [0.15, 0.2) is 5.69 Å². The number of carbonyl (C=O) groups is 1. The van der Waals surface area contributed by atoms with Crippen LogP contribution in [0.25, 0.3) is 10.9 Å². The number of hydrogen-bond acceptors (Lipinski definition) is 4. The minimum Gasteiger partial charge on any atom is -0.508 e. The van der Waals surface area contributed by atoms with Crippen LogP contribution in [0.15, 0.2) is 18.2 Å². The second kappa shape index (κ2) is 3.83. The highest BCUT2D eigenvalue weighted by Crippen LogP contribution is 2.33. The molecule has 0 aliphatic rings. The van der Waals surface area contributed by atoms with E-state index in [9.17, 15) is 18.0 Å². The molecule has 1 aromatic carbocycles. The summed E-state index contributed by atoms with van der Waals surface area (Å²) in [7, 11) is 0. The number of aromatic hydroxyl groups is 1. The number of aromatic carboxylic acids is 1. The van der Waals surface area contributed by atoms with Gasteiger partial charge in [0.1, 0.15) is 5.75 Å². The third-order valence-electron chi connectivity index (χ3n) is 2.14. The van der Waals surface area contributed by atoms with E-state index in [2.05, 4.69) is 9.97 Å². The van der Waals surface area contributed by atoms with Crippen LogP contribution in [-0.2, 0) is 6.18 Å². The average molecular weight is 258 g/mol. The molecule has 8 heteroatoms. The van der Waals surface area contributed by atoms with Crippen molar-refractivity contribution in [2.75, 3.05) is 0 Å². The number of phenols is 1. The van der Waals surface area contributed by atoms with Crippen LogP contribution in [0.3, 0.4) is 0 Å². The molecule has 2 rings (SSSR count). The highest BCUT2D eigenvalue weighted by atomic mass is 19.4. The molecule has 2 N–H and O–H groups in total. The van der Waals surface area contributed by atoms with Crippen LogP contribution in [0.2, 0.25) is 0 Å². The van der Waals surface area contributed by atoms with Crippen LogP contribution in [0.4, 0.5) is 13.2 Å². The number of fused-ring (bicyclic) bond motifs is 1. The Labute approximate surface area is 97.5 Å². The van der Waals surface area contributed by atoms with Gasteiger partial charge in [-0.2, -0.15) is 13.2 Å². The molecule has 1 heterocycles. The number of hydrogen-bond donors (Lipinski definition) is 2. The van der Waals surface area contributed by atoms with E-state index in [-0.39, 0.29) is 16.7 Å². The number of rotatable bonds is 1. The van der Waals surface area contributed by atoms with E-state index in [4.69, 9.17) is 10.2 Å². The molecule has 0 bridgehead atoms. The first-order valence-electron chi connectivity index (χ1n) is 4.60. The van der Waals surface area contributed by atoms with Crippen LogP contribution < -0.4 is 0 Å². The quantitative estimate of drug-likeness (QED) is 0.817. The molecule has 2 aromatic rings. The molecule has 0 saturated carbocycles. The lowest BCUT2D eigenvalue weighted by molar-refractivity contribution is -0.139. The number of carboxylic acids is 1. The van der Waals surface area contributed by atoms with Crippen molar-refractivity contribution >= 4 is 16.9 Å². The van der Waals surface area contributed by atoms with Crippen molar-refractivity contribution in [2.24, 2.45) is 0 Å². The fourth-order valence-corrected chi connectivity index (χ4v) is 1.43. The Morgan fingerprint density at radius 3 is 2.44 bits per heavy atom. The average Bonchev–Trinajstić information content (AvgIpc) is 2.25. The van der Waals surface area contributed by atoms with Crippen molar-refractivity contribution in [3.8, 4) is 5.75 Å². The van der Waals surface area contributed by atoms with Crippen molar-refractivity contribution < 1.29 is 28.2 Å². The molecule has 94 valence electrons. The number of alkyl halides is 3. The molecule has 18 heavy (non-hydrogen) atoms. The van der Waals surface area contributed by atoms with Crippen molar-refractivity contribution in [1.29, 1.82) is 0 Å². The maximum Gasteiger partial charge on any atom is 0.434 e. The predicted octanol–water partition coefficient (Wildman–Crippen LogP) is 2.05. The first-order valence-corrected chi connectivity index (χ1v) is 4.60. The van der Waals surface area contributed by atoms with E-state index < -0.39 is 23.7 Å². The normalized spacial score (nSPS) is 11.7. The maximum absolute atomic E-state index is 12.7. The Kier molecular flexibility index (Phi) is 2.57. The zero-order valence-corrected chi connectivity index (χ0v) is 8.56.